The summed E-state index contributed by atoms with van der Waals surface area (Å²) in [6.07, 6.45) is 3.67. The van der Waals surface area contributed by atoms with Crippen LogP contribution in [0.15, 0.2) is 16.6 Å². The van der Waals surface area contributed by atoms with Gasteiger partial charge in [0, 0.05) is 21.1 Å². The topological polar surface area (TPSA) is 15.8 Å². The lowest BCUT2D eigenvalue weighted by molar-refractivity contribution is 0.315. The number of rotatable bonds is 0. The number of aromatic nitrogens is 1. The van der Waals surface area contributed by atoms with Gasteiger partial charge in [-0.25, -0.2) is 0 Å². The zero-order valence-electron chi connectivity index (χ0n) is 10.7. The van der Waals surface area contributed by atoms with Crippen LogP contribution in [-0.4, -0.2) is 4.98 Å². The lowest BCUT2D eigenvalue weighted by atomic mass is 9.76. The fourth-order valence-corrected chi connectivity index (χ4v) is 3.55. The summed E-state index contributed by atoms with van der Waals surface area (Å²) in [5.41, 5.74) is 6.11. The molecule has 17 heavy (non-hydrogen) atoms. The van der Waals surface area contributed by atoms with Gasteiger partial charge in [-0.3, -0.25) is 0 Å². The maximum Gasteiger partial charge on any atom is 0.0489 e. The molecule has 1 aromatic heterocycles. The lowest BCUT2D eigenvalue weighted by Gasteiger charge is -2.29. The molecule has 90 valence electrons. The molecule has 0 fully saturated rings. The maximum atomic E-state index is 3.63. The first-order valence-corrected chi connectivity index (χ1v) is 7.05. The van der Waals surface area contributed by atoms with Gasteiger partial charge in [0.05, 0.1) is 0 Å². The van der Waals surface area contributed by atoms with Gasteiger partial charge in [0.25, 0.3) is 0 Å². The largest absolute Gasteiger partial charge is 0.358 e. The Hall–Kier alpha value is -0.760. The highest BCUT2D eigenvalue weighted by molar-refractivity contribution is 9.10. The third-order valence-corrected chi connectivity index (χ3v) is 4.43. The number of aromatic amines is 1. The molecule has 0 radical (unpaired) electrons. The summed E-state index contributed by atoms with van der Waals surface area (Å²) in [6.45, 7) is 6.93. The molecule has 2 aromatic rings. The van der Waals surface area contributed by atoms with Crippen molar-refractivity contribution < 1.29 is 0 Å². The Balaban J connectivity index is 2.28. The second kappa shape index (κ2) is 3.61. The second-order valence-electron chi connectivity index (χ2n) is 6.07. The van der Waals surface area contributed by atoms with Gasteiger partial charge < -0.3 is 4.98 Å². The van der Waals surface area contributed by atoms with Crippen LogP contribution in [0.4, 0.5) is 0 Å². The van der Waals surface area contributed by atoms with Crippen molar-refractivity contribution >= 4 is 26.8 Å². The molecule has 2 heteroatoms. The summed E-state index contributed by atoms with van der Waals surface area (Å²) in [6, 6.07) is 4.45. The first-order valence-electron chi connectivity index (χ1n) is 6.26. The van der Waals surface area contributed by atoms with Crippen molar-refractivity contribution in [2.24, 2.45) is 5.41 Å². The van der Waals surface area contributed by atoms with E-state index in [1.807, 2.05) is 0 Å². The summed E-state index contributed by atoms with van der Waals surface area (Å²) in [5, 5.41) is 1.42. The predicted molar refractivity (Wildman–Crippen MR) is 76.5 cm³/mol. The molecule has 3 rings (SSSR count). The molecule has 0 unspecified atom stereocenters. The van der Waals surface area contributed by atoms with Crippen molar-refractivity contribution in [1.29, 1.82) is 0 Å². The van der Waals surface area contributed by atoms with Crippen LogP contribution in [0.5, 0.6) is 0 Å². The summed E-state index contributed by atoms with van der Waals surface area (Å²) >= 11 is 3.61. The number of nitrogens with one attached hydrogen (secondary N) is 1. The predicted octanol–water partition coefficient (Wildman–Crippen LogP) is 4.75. The third-order valence-electron chi connectivity index (χ3n) is 3.97. The van der Waals surface area contributed by atoms with Crippen LogP contribution in [0.1, 0.15) is 37.1 Å². The van der Waals surface area contributed by atoms with E-state index < -0.39 is 0 Å². The lowest BCUT2D eigenvalue weighted by Crippen LogP contribution is -2.21. The number of H-pyrrole nitrogens is 1. The fourth-order valence-electron chi connectivity index (χ4n) is 2.98. The minimum absolute atomic E-state index is 0.443. The molecule has 1 aliphatic carbocycles. The highest BCUT2D eigenvalue weighted by Gasteiger charge is 2.28. The number of halogens is 1. The molecule has 0 amide bonds. The van der Waals surface area contributed by atoms with Crippen molar-refractivity contribution in [2.45, 2.75) is 40.0 Å². The van der Waals surface area contributed by atoms with Gasteiger partial charge in [-0.1, -0.05) is 29.8 Å². The molecule has 0 aliphatic heterocycles. The maximum absolute atomic E-state index is 3.63. The number of fused-ring (bicyclic) bond motifs is 3. The van der Waals surface area contributed by atoms with Gasteiger partial charge in [0.15, 0.2) is 0 Å². The first-order chi connectivity index (χ1) is 7.96. The molecule has 0 saturated carbocycles. The third kappa shape index (κ3) is 1.83. The Morgan fingerprint density at radius 1 is 1.29 bits per heavy atom. The minimum Gasteiger partial charge on any atom is -0.358 e. The Kier molecular flexibility index (Phi) is 2.41. The van der Waals surface area contributed by atoms with Crippen molar-refractivity contribution in [1.82, 2.24) is 4.98 Å². The van der Waals surface area contributed by atoms with Crippen molar-refractivity contribution in [3.8, 4) is 0 Å². The minimum atomic E-state index is 0.443. The molecular formula is C15H18BrN. The highest BCUT2D eigenvalue weighted by Crippen LogP contribution is 2.39. The quantitative estimate of drug-likeness (QED) is 0.721. The summed E-state index contributed by atoms with van der Waals surface area (Å²) in [7, 11) is 0. The van der Waals surface area contributed by atoms with E-state index in [2.05, 4.69) is 53.8 Å². The number of hydrogen-bond donors (Lipinski definition) is 1. The van der Waals surface area contributed by atoms with E-state index in [-0.39, 0.29) is 0 Å². The van der Waals surface area contributed by atoms with E-state index >= 15 is 0 Å². The average Bonchev–Trinajstić information content (AvgIpc) is 2.55. The fraction of sp³-hybridized carbons (Fsp3) is 0.467. The first kappa shape index (κ1) is 11.3. The molecule has 1 heterocycles. The van der Waals surface area contributed by atoms with Crippen LogP contribution in [-0.2, 0) is 12.8 Å². The van der Waals surface area contributed by atoms with Gasteiger partial charge in [0.1, 0.15) is 0 Å². The average molecular weight is 292 g/mol. The summed E-state index contributed by atoms with van der Waals surface area (Å²) < 4.78 is 1.19. The van der Waals surface area contributed by atoms with Gasteiger partial charge in [-0.15, -0.1) is 0 Å². The number of aryl methyl sites for hydroxylation is 2. The molecule has 0 saturated heterocycles. The Morgan fingerprint density at radius 2 is 2.06 bits per heavy atom. The van der Waals surface area contributed by atoms with Crippen molar-refractivity contribution in [2.75, 3.05) is 0 Å². The molecule has 1 aliphatic rings. The van der Waals surface area contributed by atoms with Crippen molar-refractivity contribution in [3.05, 3.63) is 33.4 Å². The highest BCUT2D eigenvalue weighted by atomic mass is 79.9. The van der Waals surface area contributed by atoms with Gasteiger partial charge >= 0.3 is 0 Å². The van der Waals surface area contributed by atoms with E-state index in [4.69, 9.17) is 0 Å². The molecule has 1 nitrogen and oxygen atoms in total. The second-order valence-corrected chi connectivity index (χ2v) is 6.98. The Morgan fingerprint density at radius 3 is 2.82 bits per heavy atom. The molecular weight excluding hydrogens is 274 g/mol. The monoisotopic (exact) mass is 291 g/mol. The van der Waals surface area contributed by atoms with Crippen LogP contribution < -0.4 is 0 Å². The van der Waals surface area contributed by atoms with Gasteiger partial charge in [0.2, 0.25) is 0 Å². The van der Waals surface area contributed by atoms with Crippen LogP contribution in [0.2, 0.25) is 0 Å². The number of hydrogen-bond acceptors (Lipinski definition) is 0. The zero-order chi connectivity index (χ0) is 12.2. The SMILES string of the molecule is Cc1cc(Br)cc2c3c([nH]c12)CCC(C)(C)C3. The molecule has 0 bridgehead atoms. The van der Waals surface area contributed by atoms with Crippen LogP contribution in [0, 0.1) is 12.3 Å². The van der Waals surface area contributed by atoms with E-state index in [9.17, 15) is 0 Å². The summed E-state index contributed by atoms with van der Waals surface area (Å²) in [5.74, 6) is 0. The van der Waals surface area contributed by atoms with Gasteiger partial charge in [-0.2, -0.15) is 0 Å². The Bertz CT molecular complexity index is 592. The van der Waals surface area contributed by atoms with Gasteiger partial charge in [-0.05, 0) is 54.9 Å². The summed E-state index contributed by atoms with van der Waals surface area (Å²) in [4.78, 5) is 3.63. The molecule has 1 aromatic carbocycles. The standard InChI is InChI=1S/C15H18BrN/c1-9-6-10(16)7-11-12-8-15(2,3)5-4-13(12)17-14(9)11/h6-7,17H,4-5,8H2,1-3H3. The van der Waals surface area contributed by atoms with Crippen LogP contribution in [0.25, 0.3) is 10.9 Å². The van der Waals surface area contributed by atoms with E-state index in [1.165, 1.54) is 45.9 Å². The molecule has 1 N–H and O–H groups in total. The normalized spacial score (nSPS) is 18.4. The smallest absolute Gasteiger partial charge is 0.0489 e. The van der Waals surface area contributed by atoms with E-state index in [0.717, 1.165) is 0 Å². The van der Waals surface area contributed by atoms with E-state index in [0.29, 0.717) is 5.41 Å². The molecule has 0 atom stereocenters. The van der Waals surface area contributed by atoms with Crippen LogP contribution >= 0.6 is 15.9 Å². The van der Waals surface area contributed by atoms with Crippen LogP contribution in [0.3, 0.4) is 0 Å². The van der Waals surface area contributed by atoms with Crippen molar-refractivity contribution in [3.63, 3.8) is 0 Å². The Labute approximate surface area is 111 Å². The number of benzene rings is 1. The molecule has 0 spiro atoms. The zero-order valence-corrected chi connectivity index (χ0v) is 12.2. The van der Waals surface area contributed by atoms with E-state index in [1.54, 1.807) is 5.56 Å².